The lowest BCUT2D eigenvalue weighted by molar-refractivity contribution is 0.0373. The van der Waals surface area contributed by atoms with Gasteiger partial charge in [0.25, 0.3) is 5.91 Å². The highest BCUT2D eigenvalue weighted by Gasteiger charge is 2.10. The molecular formula is C19H25N5O2. The molecule has 0 atom stereocenters. The van der Waals surface area contributed by atoms with E-state index in [1.165, 1.54) is 0 Å². The number of aromatic nitrogens is 2. The zero-order valence-corrected chi connectivity index (χ0v) is 14.9. The summed E-state index contributed by atoms with van der Waals surface area (Å²) >= 11 is 0. The Balaban J connectivity index is 1.36. The van der Waals surface area contributed by atoms with E-state index in [2.05, 4.69) is 25.7 Å². The fraction of sp³-hybridized carbons (Fsp3) is 0.421. The van der Waals surface area contributed by atoms with E-state index in [0.29, 0.717) is 11.5 Å². The molecule has 1 aromatic carbocycles. The Hall–Kier alpha value is -2.51. The van der Waals surface area contributed by atoms with E-state index in [-0.39, 0.29) is 5.91 Å². The molecule has 0 radical (unpaired) electrons. The lowest BCUT2D eigenvalue weighted by Gasteiger charge is -2.26. The monoisotopic (exact) mass is 355 g/mol. The average Bonchev–Trinajstić information content (AvgIpc) is 2.70. The van der Waals surface area contributed by atoms with Gasteiger partial charge < -0.3 is 15.4 Å². The molecule has 0 aliphatic carbocycles. The van der Waals surface area contributed by atoms with Crippen LogP contribution < -0.4 is 10.6 Å². The highest BCUT2D eigenvalue weighted by molar-refractivity contribution is 6.02. The van der Waals surface area contributed by atoms with Crippen molar-refractivity contribution >= 4 is 17.4 Å². The first kappa shape index (κ1) is 18.3. The molecule has 7 heteroatoms. The molecule has 0 unspecified atom stereocenters. The first-order valence-electron chi connectivity index (χ1n) is 9.05. The van der Waals surface area contributed by atoms with Gasteiger partial charge in [0.15, 0.2) is 5.69 Å². The second-order valence-electron chi connectivity index (χ2n) is 6.21. The molecular weight excluding hydrogens is 330 g/mol. The molecule has 0 bridgehead atoms. The van der Waals surface area contributed by atoms with Crippen molar-refractivity contribution < 1.29 is 9.53 Å². The molecule has 26 heavy (non-hydrogen) atoms. The maximum Gasteiger partial charge on any atom is 0.276 e. The van der Waals surface area contributed by atoms with Gasteiger partial charge in [-0.2, -0.15) is 0 Å². The van der Waals surface area contributed by atoms with Crippen LogP contribution in [0, 0.1) is 0 Å². The number of ether oxygens (including phenoxy) is 1. The highest BCUT2D eigenvalue weighted by atomic mass is 16.5. The van der Waals surface area contributed by atoms with E-state index in [1.807, 2.05) is 30.3 Å². The van der Waals surface area contributed by atoms with Crippen molar-refractivity contribution in [1.82, 2.24) is 15.1 Å². The lowest BCUT2D eigenvalue weighted by Crippen LogP contribution is -2.36. The molecule has 2 N–H and O–H groups in total. The first-order chi connectivity index (χ1) is 12.8. The topological polar surface area (TPSA) is 79.4 Å². The van der Waals surface area contributed by atoms with E-state index in [9.17, 15) is 4.79 Å². The van der Waals surface area contributed by atoms with Gasteiger partial charge in [-0.05, 0) is 43.7 Å². The fourth-order valence-corrected chi connectivity index (χ4v) is 2.77. The number of hydrogen-bond donors (Lipinski definition) is 2. The third kappa shape index (κ3) is 5.79. The van der Waals surface area contributed by atoms with Crippen LogP contribution in [0.2, 0.25) is 0 Å². The number of nitrogens with one attached hydrogen (secondary N) is 2. The minimum absolute atomic E-state index is 0.263. The van der Waals surface area contributed by atoms with Crippen LogP contribution >= 0.6 is 0 Å². The summed E-state index contributed by atoms with van der Waals surface area (Å²) in [5.74, 6) is 0.424. The number of carbonyl (C=O) groups is 1. The van der Waals surface area contributed by atoms with Crippen LogP contribution in [0.4, 0.5) is 11.5 Å². The number of unbranched alkanes of at least 4 members (excludes halogenated alkanes) is 1. The lowest BCUT2D eigenvalue weighted by atomic mass is 10.2. The third-order valence-electron chi connectivity index (χ3n) is 4.24. The second kappa shape index (κ2) is 9.84. The van der Waals surface area contributed by atoms with E-state index in [0.717, 1.165) is 57.9 Å². The Bertz CT molecular complexity index is 672. The summed E-state index contributed by atoms with van der Waals surface area (Å²) in [7, 11) is 0. The Kier molecular flexibility index (Phi) is 6.92. The van der Waals surface area contributed by atoms with E-state index >= 15 is 0 Å². The van der Waals surface area contributed by atoms with Crippen molar-refractivity contribution in [3.8, 4) is 0 Å². The number of morpholine rings is 1. The normalized spacial score (nSPS) is 14.8. The van der Waals surface area contributed by atoms with Crippen LogP contribution in [0.5, 0.6) is 0 Å². The quantitative estimate of drug-likeness (QED) is 0.707. The molecule has 1 aromatic heterocycles. The van der Waals surface area contributed by atoms with Crippen molar-refractivity contribution in [3.63, 3.8) is 0 Å². The standard InChI is InChI=1S/C19H25N5O2/c25-19(21-16-6-2-1-3-7-16)17-8-9-18(23-22-17)20-10-4-5-11-24-12-14-26-15-13-24/h1-3,6-9H,4-5,10-15H2,(H,20,23)(H,21,25). The predicted octanol–water partition coefficient (Wildman–Crippen LogP) is 2.25. The first-order valence-corrected chi connectivity index (χ1v) is 9.05. The van der Waals surface area contributed by atoms with Gasteiger partial charge in [-0.1, -0.05) is 18.2 Å². The fourth-order valence-electron chi connectivity index (χ4n) is 2.77. The minimum Gasteiger partial charge on any atom is -0.379 e. The van der Waals surface area contributed by atoms with Gasteiger partial charge in [0, 0.05) is 25.3 Å². The number of carbonyl (C=O) groups excluding carboxylic acids is 1. The maximum absolute atomic E-state index is 12.1. The van der Waals surface area contributed by atoms with Crippen molar-refractivity contribution in [3.05, 3.63) is 48.2 Å². The molecule has 1 fully saturated rings. The SMILES string of the molecule is O=C(Nc1ccccc1)c1ccc(NCCCCN2CCOCC2)nn1. The molecule has 0 spiro atoms. The zero-order chi connectivity index (χ0) is 18.0. The molecule has 1 saturated heterocycles. The summed E-state index contributed by atoms with van der Waals surface area (Å²) in [5, 5.41) is 14.1. The number of hydrogen-bond acceptors (Lipinski definition) is 6. The van der Waals surface area contributed by atoms with Crippen LogP contribution in [0.25, 0.3) is 0 Å². The smallest absolute Gasteiger partial charge is 0.276 e. The van der Waals surface area contributed by atoms with Crippen molar-refractivity contribution in [1.29, 1.82) is 0 Å². The molecule has 3 rings (SSSR count). The van der Waals surface area contributed by atoms with Crippen LogP contribution in [0.15, 0.2) is 42.5 Å². The maximum atomic E-state index is 12.1. The van der Waals surface area contributed by atoms with Crippen LogP contribution in [-0.4, -0.2) is 60.4 Å². The van der Waals surface area contributed by atoms with Crippen LogP contribution in [-0.2, 0) is 4.74 Å². The highest BCUT2D eigenvalue weighted by Crippen LogP contribution is 2.08. The number of amides is 1. The number of anilines is 2. The zero-order valence-electron chi connectivity index (χ0n) is 14.9. The number of benzene rings is 1. The summed E-state index contributed by atoms with van der Waals surface area (Å²) in [6.45, 7) is 5.71. The number of nitrogens with zero attached hydrogens (tertiary/aromatic N) is 3. The van der Waals surface area contributed by atoms with Crippen LogP contribution in [0.1, 0.15) is 23.3 Å². The average molecular weight is 355 g/mol. The van der Waals surface area contributed by atoms with E-state index < -0.39 is 0 Å². The number of para-hydroxylation sites is 1. The Morgan fingerprint density at radius 2 is 1.85 bits per heavy atom. The van der Waals surface area contributed by atoms with Gasteiger partial charge in [0.05, 0.1) is 13.2 Å². The molecule has 1 aliphatic rings. The summed E-state index contributed by atoms with van der Waals surface area (Å²) < 4.78 is 5.35. The molecule has 2 aromatic rings. The van der Waals surface area contributed by atoms with Crippen molar-refractivity contribution in [2.75, 3.05) is 50.0 Å². The minimum atomic E-state index is -0.263. The molecule has 138 valence electrons. The van der Waals surface area contributed by atoms with Gasteiger partial charge in [-0.3, -0.25) is 9.69 Å². The van der Waals surface area contributed by atoms with Gasteiger partial charge in [0.1, 0.15) is 5.82 Å². The largest absolute Gasteiger partial charge is 0.379 e. The number of rotatable bonds is 8. The molecule has 7 nitrogen and oxygen atoms in total. The van der Waals surface area contributed by atoms with Crippen molar-refractivity contribution in [2.45, 2.75) is 12.8 Å². The van der Waals surface area contributed by atoms with E-state index in [4.69, 9.17) is 4.74 Å². The van der Waals surface area contributed by atoms with E-state index in [1.54, 1.807) is 12.1 Å². The van der Waals surface area contributed by atoms with Crippen molar-refractivity contribution in [2.24, 2.45) is 0 Å². The summed E-state index contributed by atoms with van der Waals surface area (Å²) in [6.07, 6.45) is 2.20. The Labute approximate surface area is 153 Å². The van der Waals surface area contributed by atoms with Gasteiger partial charge in [-0.25, -0.2) is 0 Å². The predicted molar refractivity (Wildman–Crippen MR) is 101 cm³/mol. The molecule has 1 aliphatic heterocycles. The van der Waals surface area contributed by atoms with Crippen LogP contribution in [0.3, 0.4) is 0 Å². The molecule has 2 heterocycles. The third-order valence-corrected chi connectivity index (χ3v) is 4.24. The Morgan fingerprint density at radius 3 is 2.58 bits per heavy atom. The molecule has 1 amide bonds. The van der Waals surface area contributed by atoms with Gasteiger partial charge in [-0.15, -0.1) is 10.2 Å². The van der Waals surface area contributed by atoms with Gasteiger partial charge in [0.2, 0.25) is 0 Å². The van der Waals surface area contributed by atoms with Gasteiger partial charge >= 0.3 is 0 Å². The summed E-state index contributed by atoms with van der Waals surface area (Å²) in [4.78, 5) is 14.6. The summed E-state index contributed by atoms with van der Waals surface area (Å²) in [5.41, 5.74) is 1.04. The summed E-state index contributed by atoms with van der Waals surface area (Å²) in [6, 6.07) is 12.8. The molecule has 0 saturated carbocycles. The second-order valence-corrected chi connectivity index (χ2v) is 6.21. The Morgan fingerprint density at radius 1 is 1.04 bits per heavy atom.